The van der Waals surface area contributed by atoms with Crippen LogP contribution in [0.15, 0.2) is 53.8 Å². The number of pyridine rings is 1. The summed E-state index contributed by atoms with van der Waals surface area (Å²) < 4.78 is 39.3. The Kier molecular flexibility index (Phi) is 5.31. The standard InChI is InChI=1S/C16H13F3N6OS/c17-16(18,19)10-4-3-5-11(8-10)22-13(26)9-27-15-24-23-14(25(15)20)12-6-1-2-7-21-12/h1-8H,9,20H2,(H,22,26). The van der Waals surface area contributed by atoms with Gasteiger partial charge in [-0.05, 0) is 30.3 Å². The van der Waals surface area contributed by atoms with E-state index in [4.69, 9.17) is 5.84 Å². The summed E-state index contributed by atoms with van der Waals surface area (Å²) in [6, 6.07) is 9.63. The molecule has 1 aromatic carbocycles. The summed E-state index contributed by atoms with van der Waals surface area (Å²) >= 11 is 1.00. The Morgan fingerprint density at radius 2 is 2.00 bits per heavy atom. The van der Waals surface area contributed by atoms with Crippen LogP contribution in [0.3, 0.4) is 0 Å². The van der Waals surface area contributed by atoms with Crippen molar-refractivity contribution < 1.29 is 18.0 Å². The van der Waals surface area contributed by atoms with Gasteiger partial charge in [-0.1, -0.05) is 23.9 Å². The number of nitrogen functional groups attached to an aromatic ring is 1. The van der Waals surface area contributed by atoms with E-state index >= 15 is 0 Å². The highest BCUT2D eigenvalue weighted by molar-refractivity contribution is 7.99. The lowest BCUT2D eigenvalue weighted by molar-refractivity contribution is -0.137. The summed E-state index contributed by atoms with van der Waals surface area (Å²) in [5.74, 6) is 5.64. The van der Waals surface area contributed by atoms with E-state index in [9.17, 15) is 18.0 Å². The molecule has 27 heavy (non-hydrogen) atoms. The van der Waals surface area contributed by atoms with Gasteiger partial charge in [0.1, 0.15) is 5.69 Å². The van der Waals surface area contributed by atoms with Crippen molar-refractivity contribution in [1.82, 2.24) is 19.9 Å². The van der Waals surface area contributed by atoms with Crippen LogP contribution in [-0.4, -0.2) is 31.5 Å². The van der Waals surface area contributed by atoms with Gasteiger partial charge < -0.3 is 11.2 Å². The first-order chi connectivity index (χ1) is 12.8. The maximum atomic E-state index is 12.7. The molecule has 0 aliphatic rings. The molecule has 0 spiro atoms. The predicted molar refractivity (Wildman–Crippen MR) is 94.2 cm³/mol. The maximum Gasteiger partial charge on any atom is 0.416 e. The fourth-order valence-electron chi connectivity index (χ4n) is 2.15. The first kappa shape index (κ1) is 18.7. The summed E-state index contributed by atoms with van der Waals surface area (Å²) in [5, 5.41) is 10.5. The zero-order chi connectivity index (χ0) is 19.4. The number of thioether (sulfide) groups is 1. The number of carbonyl (C=O) groups excluding carboxylic acids is 1. The van der Waals surface area contributed by atoms with Gasteiger partial charge in [0.05, 0.1) is 11.3 Å². The first-order valence-electron chi connectivity index (χ1n) is 7.56. The number of hydrogen-bond acceptors (Lipinski definition) is 6. The van der Waals surface area contributed by atoms with Gasteiger partial charge in [-0.25, -0.2) is 4.68 Å². The fraction of sp³-hybridized carbons (Fsp3) is 0.125. The minimum Gasteiger partial charge on any atom is -0.335 e. The van der Waals surface area contributed by atoms with E-state index in [1.807, 2.05) is 0 Å². The van der Waals surface area contributed by atoms with Gasteiger partial charge in [0.15, 0.2) is 0 Å². The quantitative estimate of drug-likeness (QED) is 0.510. The third kappa shape index (κ3) is 4.56. The summed E-state index contributed by atoms with van der Waals surface area (Å²) in [7, 11) is 0. The Hall–Kier alpha value is -3.08. The van der Waals surface area contributed by atoms with Gasteiger partial charge in [0.25, 0.3) is 0 Å². The minimum atomic E-state index is -4.48. The van der Waals surface area contributed by atoms with Crippen molar-refractivity contribution >= 4 is 23.4 Å². The number of carbonyl (C=O) groups is 1. The molecule has 0 radical (unpaired) electrons. The lowest BCUT2D eigenvalue weighted by Gasteiger charge is -2.09. The van der Waals surface area contributed by atoms with E-state index < -0.39 is 17.6 Å². The number of aromatic nitrogens is 4. The number of anilines is 1. The maximum absolute atomic E-state index is 12.7. The molecule has 2 heterocycles. The molecular weight excluding hydrogens is 381 g/mol. The number of hydrogen-bond donors (Lipinski definition) is 2. The van der Waals surface area contributed by atoms with Crippen LogP contribution in [0.4, 0.5) is 18.9 Å². The van der Waals surface area contributed by atoms with Crippen LogP contribution in [0.2, 0.25) is 0 Å². The van der Waals surface area contributed by atoms with Crippen molar-refractivity contribution in [3.8, 4) is 11.5 Å². The van der Waals surface area contributed by atoms with Gasteiger partial charge in [0.2, 0.25) is 16.9 Å². The molecule has 0 bridgehead atoms. The molecule has 3 N–H and O–H groups in total. The first-order valence-corrected chi connectivity index (χ1v) is 8.55. The number of nitrogens with one attached hydrogen (secondary N) is 1. The Morgan fingerprint density at radius 1 is 1.19 bits per heavy atom. The molecule has 0 saturated heterocycles. The highest BCUT2D eigenvalue weighted by atomic mass is 32.2. The summed E-state index contributed by atoms with van der Waals surface area (Å²) in [6.45, 7) is 0. The summed E-state index contributed by atoms with van der Waals surface area (Å²) in [4.78, 5) is 16.1. The Bertz CT molecular complexity index is 945. The number of alkyl halides is 3. The van der Waals surface area contributed by atoms with Crippen LogP contribution in [0, 0.1) is 0 Å². The van der Waals surface area contributed by atoms with E-state index in [0.29, 0.717) is 11.5 Å². The third-order valence-electron chi connectivity index (χ3n) is 3.36. The second kappa shape index (κ2) is 7.66. The summed E-state index contributed by atoms with van der Waals surface area (Å²) in [6.07, 6.45) is -2.90. The van der Waals surface area contributed by atoms with E-state index in [2.05, 4.69) is 20.5 Å². The molecule has 1 amide bonds. The van der Waals surface area contributed by atoms with Crippen LogP contribution >= 0.6 is 11.8 Å². The smallest absolute Gasteiger partial charge is 0.335 e. The lowest BCUT2D eigenvalue weighted by Crippen LogP contribution is -2.17. The van der Waals surface area contributed by atoms with Gasteiger partial charge in [-0.2, -0.15) is 13.2 Å². The summed E-state index contributed by atoms with van der Waals surface area (Å²) in [5.41, 5.74) is -0.263. The number of halogens is 3. The third-order valence-corrected chi connectivity index (χ3v) is 4.31. The zero-order valence-corrected chi connectivity index (χ0v) is 14.5. The highest BCUT2D eigenvalue weighted by Gasteiger charge is 2.30. The van der Waals surface area contributed by atoms with Crippen molar-refractivity contribution in [2.24, 2.45) is 0 Å². The predicted octanol–water partition coefficient (Wildman–Crippen LogP) is 2.80. The molecular formula is C16H13F3N6OS. The number of nitrogens with two attached hydrogens (primary N) is 1. The number of rotatable bonds is 5. The monoisotopic (exact) mass is 394 g/mol. The number of benzene rings is 1. The van der Waals surface area contributed by atoms with Crippen molar-refractivity contribution in [1.29, 1.82) is 0 Å². The number of nitrogens with zero attached hydrogens (tertiary/aromatic N) is 4. The van der Waals surface area contributed by atoms with E-state index in [-0.39, 0.29) is 16.6 Å². The molecule has 2 aromatic heterocycles. The minimum absolute atomic E-state index is 0.0545. The zero-order valence-electron chi connectivity index (χ0n) is 13.6. The van der Waals surface area contributed by atoms with Crippen molar-refractivity contribution in [2.75, 3.05) is 16.9 Å². The molecule has 0 fully saturated rings. The lowest BCUT2D eigenvalue weighted by atomic mass is 10.2. The topological polar surface area (TPSA) is 98.7 Å². The largest absolute Gasteiger partial charge is 0.416 e. The second-order valence-electron chi connectivity index (χ2n) is 5.31. The molecule has 0 saturated carbocycles. The second-order valence-corrected chi connectivity index (χ2v) is 6.25. The van der Waals surface area contributed by atoms with Crippen molar-refractivity contribution in [3.05, 3.63) is 54.2 Å². The van der Waals surface area contributed by atoms with Crippen LogP contribution in [0.1, 0.15) is 5.56 Å². The molecule has 7 nitrogen and oxygen atoms in total. The van der Waals surface area contributed by atoms with E-state index in [0.717, 1.165) is 23.9 Å². The SMILES string of the molecule is Nn1c(SCC(=O)Nc2cccc(C(F)(F)F)c2)nnc1-c1ccccn1. The van der Waals surface area contributed by atoms with Crippen molar-refractivity contribution in [3.63, 3.8) is 0 Å². The normalized spacial score (nSPS) is 11.4. The molecule has 140 valence electrons. The Balaban J connectivity index is 1.63. The van der Waals surface area contributed by atoms with Crippen LogP contribution < -0.4 is 11.2 Å². The number of amides is 1. The highest BCUT2D eigenvalue weighted by Crippen LogP contribution is 2.30. The van der Waals surface area contributed by atoms with Crippen molar-refractivity contribution in [2.45, 2.75) is 11.3 Å². The molecule has 11 heteroatoms. The van der Waals surface area contributed by atoms with E-state index in [1.165, 1.54) is 16.8 Å². The fourth-order valence-corrected chi connectivity index (χ4v) is 2.80. The molecule has 3 aromatic rings. The molecule has 0 unspecified atom stereocenters. The van der Waals surface area contributed by atoms with E-state index in [1.54, 1.807) is 24.4 Å². The molecule has 0 atom stereocenters. The van der Waals surface area contributed by atoms with Crippen LogP contribution in [-0.2, 0) is 11.0 Å². The Morgan fingerprint density at radius 3 is 2.70 bits per heavy atom. The molecule has 0 aliphatic carbocycles. The van der Waals surface area contributed by atoms with Gasteiger partial charge in [-0.15, -0.1) is 10.2 Å². The van der Waals surface area contributed by atoms with Gasteiger partial charge in [-0.3, -0.25) is 9.78 Å². The van der Waals surface area contributed by atoms with Gasteiger partial charge in [0, 0.05) is 11.9 Å². The van der Waals surface area contributed by atoms with Gasteiger partial charge >= 0.3 is 6.18 Å². The van der Waals surface area contributed by atoms with Crippen LogP contribution in [0.5, 0.6) is 0 Å². The Labute approximate surface area is 155 Å². The molecule has 0 aliphatic heterocycles. The van der Waals surface area contributed by atoms with Crippen LogP contribution in [0.25, 0.3) is 11.5 Å². The average Bonchev–Trinajstić information content (AvgIpc) is 3.01. The molecule has 3 rings (SSSR count). The average molecular weight is 394 g/mol.